The summed E-state index contributed by atoms with van der Waals surface area (Å²) in [5, 5.41) is 0. The van der Waals surface area contributed by atoms with Gasteiger partial charge in [0.05, 0.1) is 13.2 Å². The van der Waals surface area contributed by atoms with E-state index in [1.165, 1.54) is 0 Å². The Hall–Kier alpha value is -0.880. The third-order valence-electron chi connectivity index (χ3n) is 1.67. The first-order valence-corrected chi connectivity index (χ1v) is 6.57. The molecule has 0 spiro atoms. The maximum Gasteiger partial charge on any atom is 0.549 e. The van der Waals surface area contributed by atoms with Crippen LogP contribution in [0.25, 0.3) is 0 Å². The molecule has 0 bridgehead atoms. The molecular formula is C10H16Cl2O6. The predicted octanol–water partition coefficient (Wildman–Crippen LogP) is 3.25. The van der Waals surface area contributed by atoms with E-state index in [-0.39, 0.29) is 13.2 Å². The van der Waals surface area contributed by atoms with Crippen molar-refractivity contribution in [2.45, 2.75) is 25.7 Å². The highest BCUT2D eigenvalue weighted by atomic mass is 35.5. The van der Waals surface area contributed by atoms with Gasteiger partial charge in [-0.2, -0.15) is 19.4 Å². The highest BCUT2D eigenvalue weighted by Crippen LogP contribution is 1.97. The fraction of sp³-hybridized carbons (Fsp3) is 0.800. The van der Waals surface area contributed by atoms with Gasteiger partial charge in [0.1, 0.15) is 0 Å². The molecule has 0 amide bonds. The van der Waals surface area contributed by atoms with Gasteiger partial charge in [0.15, 0.2) is 0 Å². The summed E-state index contributed by atoms with van der Waals surface area (Å²) in [5.74, 6) is 0.979. The molecule has 0 radical (unpaired) electrons. The molecule has 0 aromatic carbocycles. The van der Waals surface area contributed by atoms with Gasteiger partial charge in [-0.05, 0) is 25.7 Å². The lowest BCUT2D eigenvalue weighted by molar-refractivity contribution is -0.217. The van der Waals surface area contributed by atoms with Gasteiger partial charge in [0.25, 0.3) is 0 Å². The van der Waals surface area contributed by atoms with Crippen LogP contribution in [0, 0.1) is 0 Å². The van der Waals surface area contributed by atoms with Crippen LogP contribution >= 0.6 is 23.2 Å². The van der Waals surface area contributed by atoms with Gasteiger partial charge in [-0.25, -0.2) is 0 Å². The monoisotopic (exact) mass is 302 g/mol. The van der Waals surface area contributed by atoms with Gasteiger partial charge in [-0.3, -0.25) is 0 Å². The summed E-state index contributed by atoms with van der Waals surface area (Å²) < 4.78 is 9.14. The van der Waals surface area contributed by atoms with E-state index in [9.17, 15) is 9.59 Å². The van der Waals surface area contributed by atoms with Crippen LogP contribution in [0.15, 0.2) is 0 Å². The lowest BCUT2D eigenvalue weighted by Gasteiger charge is -2.04. The van der Waals surface area contributed by atoms with E-state index in [4.69, 9.17) is 23.2 Å². The maximum atomic E-state index is 10.9. The van der Waals surface area contributed by atoms with Crippen LogP contribution in [0.4, 0.5) is 9.59 Å². The average Bonchev–Trinajstić information content (AvgIpc) is 2.37. The van der Waals surface area contributed by atoms with Crippen molar-refractivity contribution in [3.05, 3.63) is 0 Å². The van der Waals surface area contributed by atoms with Crippen LogP contribution in [-0.2, 0) is 19.2 Å². The SMILES string of the molecule is O=C(OCCCCCl)OOC(=O)OCCCCCl. The van der Waals surface area contributed by atoms with Crippen molar-refractivity contribution in [2.75, 3.05) is 25.0 Å². The number of unbranched alkanes of at least 4 members (excludes halogenated alkanes) is 2. The van der Waals surface area contributed by atoms with E-state index in [0.717, 1.165) is 12.8 Å². The van der Waals surface area contributed by atoms with Crippen LogP contribution in [0.5, 0.6) is 0 Å². The largest absolute Gasteiger partial charge is 0.549 e. The zero-order valence-corrected chi connectivity index (χ0v) is 11.4. The molecule has 0 saturated carbocycles. The molecule has 0 heterocycles. The van der Waals surface area contributed by atoms with Crippen molar-refractivity contribution < 1.29 is 28.8 Å². The predicted molar refractivity (Wildman–Crippen MR) is 64.8 cm³/mol. The van der Waals surface area contributed by atoms with E-state index in [1.807, 2.05) is 0 Å². The molecule has 0 rings (SSSR count). The van der Waals surface area contributed by atoms with Crippen LogP contribution in [0.2, 0.25) is 0 Å². The molecule has 0 fully saturated rings. The summed E-state index contributed by atoms with van der Waals surface area (Å²) >= 11 is 10.8. The number of carbonyl (C=O) groups excluding carboxylic acids is 2. The third kappa shape index (κ3) is 11.6. The second kappa shape index (κ2) is 12.6. The summed E-state index contributed by atoms with van der Waals surface area (Å²) in [5.41, 5.74) is 0. The van der Waals surface area contributed by atoms with Gasteiger partial charge in [-0.15, -0.1) is 23.2 Å². The molecular weight excluding hydrogens is 287 g/mol. The van der Waals surface area contributed by atoms with E-state index in [2.05, 4.69) is 19.2 Å². The van der Waals surface area contributed by atoms with Crippen molar-refractivity contribution in [3.63, 3.8) is 0 Å². The lowest BCUT2D eigenvalue weighted by atomic mass is 10.4. The zero-order valence-electron chi connectivity index (χ0n) is 9.86. The van der Waals surface area contributed by atoms with E-state index >= 15 is 0 Å². The number of hydrogen-bond acceptors (Lipinski definition) is 6. The summed E-state index contributed by atoms with van der Waals surface area (Å²) in [4.78, 5) is 29.8. The van der Waals surface area contributed by atoms with Crippen molar-refractivity contribution >= 4 is 35.5 Å². The first-order chi connectivity index (χ1) is 8.70. The summed E-state index contributed by atoms with van der Waals surface area (Å²) in [6.07, 6.45) is 0.476. The van der Waals surface area contributed by atoms with Crippen molar-refractivity contribution in [1.29, 1.82) is 0 Å². The maximum absolute atomic E-state index is 10.9. The molecule has 0 atom stereocenters. The molecule has 106 valence electrons. The van der Waals surface area contributed by atoms with Crippen LogP contribution in [-0.4, -0.2) is 37.3 Å². The van der Waals surface area contributed by atoms with Gasteiger partial charge < -0.3 is 9.47 Å². The molecule has 0 N–H and O–H groups in total. The highest BCUT2D eigenvalue weighted by molar-refractivity contribution is 6.18. The molecule has 0 aliphatic heterocycles. The Bertz CT molecular complexity index is 212. The molecule has 0 unspecified atom stereocenters. The van der Waals surface area contributed by atoms with Gasteiger partial charge in [-0.1, -0.05) is 0 Å². The minimum absolute atomic E-state index is 0.152. The van der Waals surface area contributed by atoms with Crippen molar-refractivity contribution in [3.8, 4) is 0 Å². The first-order valence-electron chi connectivity index (χ1n) is 5.50. The van der Waals surface area contributed by atoms with E-state index in [1.54, 1.807) is 0 Å². The zero-order chi connectivity index (χ0) is 13.6. The Balaban J connectivity index is 3.39. The number of alkyl halides is 2. The minimum Gasteiger partial charge on any atom is -0.432 e. The Morgan fingerprint density at radius 2 is 1.11 bits per heavy atom. The molecule has 0 aromatic rings. The number of rotatable bonds is 8. The normalized spacial score (nSPS) is 9.67. The Kier molecular flexibility index (Phi) is 12.0. The quantitative estimate of drug-likeness (QED) is 0.225. The molecule has 6 nitrogen and oxygen atoms in total. The molecule has 0 aromatic heterocycles. The third-order valence-corrected chi connectivity index (χ3v) is 2.21. The van der Waals surface area contributed by atoms with Crippen LogP contribution < -0.4 is 0 Å². The van der Waals surface area contributed by atoms with Gasteiger partial charge in [0, 0.05) is 11.8 Å². The van der Waals surface area contributed by atoms with E-state index in [0.29, 0.717) is 24.6 Å². The highest BCUT2D eigenvalue weighted by Gasteiger charge is 2.11. The fourth-order valence-electron chi connectivity index (χ4n) is 0.820. The summed E-state index contributed by atoms with van der Waals surface area (Å²) in [6.45, 7) is 0.305. The fourth-order valence-corrected chi connectivity index (χ4v) is 1.20. The van der Waals surface area contributed by atoms with E-state index < -0.39 is 12.3 Å². The molecule has 0 saturated heterocycles. The average molecular weight is 303 g/mol. The molecule has 0 aliphatic rings. The smallest absolute Gasteiger partial charge is 0.432 e. The molecule has 0 aliphatic carbocycles. The van der Waals surface area contributed by atoms with Crippen LogP contribution in [0.3, 0.4) is 0 Å². The number of carbonyl (C=O) groups is 2. The standard InChI is InChI=1S/C10H16Cl2O6/c11-5-1-3-7-15-9(13)17-18-10(14)16-8-4-2-6-12/h1-8H2. The van der Waals surface area contributed by atoms with Crippen LogP contribution in [0.1, 0.15) is 25.7 Å². The molecule has 18 heavy (non-hydrogen) atoms. The topological polar surface area (TPSA) is 71.1 Å². The summed E-state index contributed by atoms with van der Waals surface area (Å²) in [7, 11) is 0. The Morgan fingerprint density at radius 1 is 0.722 bits per heavy atom. The van der Waals surface area contributed by atoms with Crippen molar-refractivity contribution in [2.24, 2.45) is 0 Å². The van der Waals surface area contributed by atoms with Crippen molar-refractivity contribution in [1.82, 2.24) is 0 Å². The minimum atomic E-state index is -1.10. The lowest BCUT2D eigenvalue weighted by Crippen LogP contribution is -2.14. The second-order valence-electron chi connectivity index (χ2n) is 3.16. The number of hydrogen-bond donors (Lipinski definition) is 0. The van der Waals surface area contributed by atoms with Gasteiger partial charge in [0.2, 0.25) is 0 Å². The van der Waals surface area contributed by atoms with Gasteiger partial charge >= 0.3 is 12.3 Å². The first kappa shape index (κ1) is 17.1. The summed E-state index contributed by atoms with van der Waals surface area (Å²) in [6, 6.07) is 0. The Labute approximate surface area is 115 Å². The molecule has 8 heteroatoms. The second-order valence-corrected chi connectivity index (χ2v) is 3.91. The number of ether oxygens (including phenoxy) is 2. The number of halogens is 2. The Morgan fingerprint density at radius 3 is 1.44 bits per heavy atom.